The van der Waals surface area contributed by atoms with Crippen LogP contribution < -0.4 is 10.1 Å². The lowest BCUT2D eigenvalue weighted by Gasteiger charge is -2.31. The van der Waals surface area contributed by atoms with Crippen molar-refractivity contribution in [1.29, 1.82) is 0 Å². The van der Waals surface area contributed by atoms with Crippen LogP contribution in [0.1, 0.15) is 49.8 Å². The van der Waals surface area contributed by atoms with Gasteiger partial charge in [-0.2, -0.15) is 11.8 Å². The van der Waals surface area contributed by atoms with Crippen molar-refractivity contribution in [3.05, 3.63) is 29.3 Å². The van der Waals surface area contributed by atoms with Crippen molar-refractivity contribution in [1.82, 2.24) is 5.32 Å². The van der Waals surface area contributed by atoms with Crippen LogP contribution in [0, 0.1) is 0 Å². The molecule has 0 aromatic heterocycles. The molecule has 1 aliphatic carbocycles. The third kappa shape index (κ3) is 3.15. The lowest BCUT2D eigenvalue weighted by Crippen LogP contribution is -2.36. The van der Waals surface area contributed by atoms with Crippen LogP contribution in [0.5, 0.6) is 5.75 Å². The summed E-state index contributed by atoms with van der Waals surface area (Å²) < 4.78 is 5.59. The van der Waals surface area contributed by atoms with Gasteiger partial charge in [0.1, 0.15) is 5.75 Å². The van der Waals surface area contributed by atoms with Crippen molar-refractivity contribution in [2.24, 2.45) is 0 Å². The van der Waals surface area contributed by atoms with Gasteiger partial charge >= 0.3 is 0 Å². The molecule has 0 radical (unpaired) electrons. The molecule has 3 rings (SSSR count). The molecule has 1 aromatic rings. The Morgan fingerprint density at radius 2 is 2.25 bits per heavy atom. The molecule has 3 atom stereocenters. The minimum atomic E-state index is 0.437. The van der Waals surface area contributed by atoms with Crippen LogP contribution in [-0.2, 0) is 6.42 Å². The zero-order valence-corrected chi connectivity index (χ0v) is 13.3. The van der Waals surface area contributed by atoms with Crippen molar-refractivity contribution in [2.75, 3.05) is 12.9 Å². The van der Waals surface area contributed by atoms with Gasteiger partial charge in [-0.15, -0.1) is 0 Å². The molecule has 1 fully saturated rings. The monoisotopic (exact) mass is 291 g/mol. The molecule has 3 unspecified atom stereocenters. The van der Waals surface area contributed by atoms with Crippen LogP contribution in [0.3, 0.4) is 0 Å². The van der Waals surface area contributed by atoms with E-state index in [4.69, 9.17) is 4.74 Å². The average molecular weight is 291 g/mol. The summed E-state index contributed by atoms with van der Waals surface area (Å²) in [5.74, 6) is 1.08. The predicted octanol–water partition coefficient (Wildman–Crippen LogP) is 3.95. The average Bonchev–Trinajstić information content (AvgIpc) is 2.94. The predicted molar refractivity (Wildman–Crippen MR) is 86.8 cm³/mol. The number of nitrogens with one attached hydrogen (secondary N) is 1. The molecular weight excluding hydrogens is 266 g/mol. The summed E-state index contributed by atoms with van der Waals surface area (Å²) in [5.41, 5.74) is 2.78. The summed E-state index contributed by atoms with van der Waals surface area (Å²) in [6.07, 6.45) is 8.72. The highest BCUT2D eigenvalue weighted by Gasteiger charge is 2.23. The Morgan fingerprint density at radius 1 is 1.35 bits per heavy atom. The third-order valence-electron chi connectivity index (χ3n) is 4.66. The zero-order chi connectivity index (χ0) is 13.9. The maximum Gasteiger partial charge on any atom is 0.122 e. The molecule has 1 aliphatic heterocycles. The molecule has 2 aliphatic rings. The molecule has 1 heterocycles. The molecule has 110 valence electrons. The van der Waals surface area contributed by atoms with Crippen LogP contribution in [0.4, 0.5) is 0 Å². The fourth-order valence-electron chi connectivity index (χ4n) is 3.44. The molecule has 0 amide bonds. The number of hydrogen-bond acceptors (Lipinski definition) is 3. The fourth-order valence-corrected chi connectivity index (χ4v) is 4.26. The largest absolute Gasteiger partial charge is 0.493 e. The van der Waals surface area contributed by atoms with Gasteiger partial charge in [0.15, 0.2) is 0 Å². The Balaban J connectivity index is 1.62. The van der Waals surface area contributed by atoms with E-state index in [1.165, 1.54) is 36.8 Å². The highest BCUT2D eigenvalue weighted by Crippen LogP contribution is 2.31. The summed E-state index contributed by atoms with van der Waals surface area (Å²) in [4.78, 5) is 0. The number of thioether (sulfide) groups is 1. The van der Waals surface area contributed by atoms with Gasteiger partial charge in [0.05, 0.1) is 6.61 Å². The Bertz CT molecular complexity index is 462. The van der Waals surface area contributed by atoms with E-state index in [-0.39, 0.29) is 0 Å². The number of benzene rings is 1. The van der Waals surface area contributed by atoms with E-state index >= 15 is 0 Å². The summed E-state index contributed by atoms with van der Waals surface area (Å²) >= 11 is 2.03. The van der Waals surface area contributed by atoms with Crippen molar-refractivity contribution in [3.8, 4) is 5.75 Å². The second-order valence-corrected chi connectivity index (χ2v) is 7.21. The molecule has 1 saturated carbocycles. The summed E-state index contributed by atoms with van der Waals surface area (Å²) in [5, 5.41) is 4.69. The van der Waals surface area contributed by atoms with Gasteiger partial charge < -0.3 is 10.1 Å². The molecule has 3 heteroatoms. The normalized spacial score (nSPS) is 26.9. The molecule has 0 saturated heterocycles. The number of hydrogen-bond donors (Lipinski definition) is 1. The van der Waals surface area contributed by atoms with E-state index in [0.717, 1.165) is 24.0 Å². The Labute approximate surface area is 126 Å². The van der Waals surface area contributed by atoms with Gasteiger partial charge in [-0.25, -0.2) is 0 Å². The molecule has 0 spiro atoms. The first kappa shape index (κ1) is 14.3. The first-order valence-corrected chi connectivity index (χ1v) is 9.09. The lowest BCUT2D eigenvalue weighted by atomic mass is 9.93. The van der Waals surface area contributed by atoms with E-state index in [0.29, 0.717) is 12.1 Å². The van der Waals surface area contributed by atoms with Crippen LogP contribution in [0.25, 0.3) is 0 Å². The first-order chi connectivity index (χ1) is 9.76. The molecule has 1 N–H and O–H groups in total. The Morgan fingerprint density at radius 3 is 3.10 bits per heavy atom. The van der Waals surface area contributed by atoms with Gasteiger partial charge in [-0.3, -0.25) is 0 Å². The van der Waals surface area contributed by atoms with Gasteiger partial charge in [-0.05, 0) is 49.6 Å². The van der Waals surface area contributed by atoms with Crippen molar-refractivity contribution < 1.29 is 4.74 Å². The maximum absolute atomic E-state index is 5.59. The number of fused-ring (bicyclic) bond motifs is 1. The van der Waals surface area contributed by atoms with Gasteiger partial charge in [0, 0.05) is 23.8 Å². The maximum atomic E-state index is 5.59. The number of rotatable bonds is 4. The van der Waals surface area contributed by atoms with Gasteiger partial charge in [0.25, 0.3) is 0 Å². The quantitative estimate of drug-likeness (QED) is 0.907. The van der Waals surface area contributed by atoms with Crippen LogP contribution >= 0.6 is 11.8 Å². The minimum Gasteiger partial charge on any atom is -0.493 e. The van der Waals surface area contributed by atoms with Gasteiger partial charge in [0.2, 0.25) is 0 Å². The van der Waals surface area contributed by atoms with E-state index < -0.39 is 0 Å². The van der Waals surface area contributed by atoms with Crippen LogP contribution in [0.15, 0.2) is 18.2 Å². The van der Waals surface area contributed by atoms with Gasteiger partial charge in [-0.1, -0.05) is 18.6 Å². The van der Waals surface area contributed by atoms with E-state index in [1.54, 1.807) is 0 Å². The van der Waals surface area contributed by atoms with E-state index in [1.807, 2.05) is 11.8 Å². The van der Waals surface area contributed by atoms with E-state index in [2.05, 4.69) is 36.7 Å². The zero-order valence-electron chi connectivity index (χ0n) is 12.5. The van der Waals surface area contributed by atoms with Crippen molar-refractivity contribution in [3.63, 3.8) is 0 Å². The number of ether oxygens (including phenoxy) is 1. The molecular formula is C17H25NOS. The fraction of sp³-hybridized carbons (Fsp3) is 0.647. The third-order valence-corrected chi connectivity index (χ3v) is 5.75. The van der Waals surface area contributed by atoms with Crippen LogP contribution in [0.2, 0.25) is 0 Å². The summed E-state index contributed by atoms with van der Waals surface area (Å²) in [6, 6.07) is 7.81. The minimum absolute atomic E-state index is 0.437. The van der Waals surface area contributed by atoms with Crippen LogP contribution in [-0.4, -0.2) is 24.2 Å². The lowest BCUT2D eigenvalue weighted by molar-refractivity contribution is 0.352. The first-order valence-electron chi connectivity index (χ1n) is 7.80. The molecule has 1 aromatic carbocycles. The van der Waals surface area contributed by atoms with E-state index in [9.17, 15) is 0 Å². The molecule has 0 bridgehead atoms. The second kappa shape index (κ2) is 6.40. The van der Waals surface area contributed by atoms with Crippen molar-refractivity contribution >= 4 is 11.8 Å². The highest BCUT2D eigenvalue weighted by atomic mass is 32.2. The smallest absolute Gasteiger partial charge is 0.122 e. The Hall–Kier alpha value is -0.670. The van der Waals surface area contributed by atoms with Crippen molar-refractivity contribution in [2.45, 2.75) is 56.4 Å². The SMILES string of the molecule is CSC1CCCC(NC(C)c2ccc3c(c2)CCO3)C1. The summed E-state index contributed by atoms with van der Waals surface area (Å²) in [7, 11) is 0. The second-order valence-electron chi connectivity index (χ2n) is 6.08. The molecule has 2 nitrogen and oxygen atoms in total. The topological polar surface area (TPSA) is 21.3 Å². The standard InChI is InChI=1S/C17H25NOS/c1-12(18-15-4-3-5-16(11-15)20-2)13-6-7-17-14(10-13)8-9-19-17/h6-7,10,12,15-16,18H,3-5,8-9,11H2,1-2H3. The highest BCUT2D eigenvalue weighted by molar-refractivity contribution is 7.99. The molecule has 20 heavy (non-hydrogen) atoms. The Kier molecular flexibility index (Phi) is 4.57. The summed E-state index contributed by atoms with van der Waals surface area (Å²) in [6.45, 7) is 3.14.